The number of rotatable bonds is 6. The minimum absolute atomic E-state index is 0.226. The highest BCUT2D eigenvalue weighted by Crippen LogP contribution is 2.25. The molecule has 3 nitrogen and oxygen atoms in total. The normalized spacial score (nSPS) is 12.8. The SMILES string of the molecule is CC(CO)CNCc1csc(-c2ccsc2)n1. The quantitative estimate of drug-likeness (QED) is 0.846. The van der Waals surface area contributed by atoms with E-state index in [0.29, 0.717) is 5.92 Å². The lowest BCUT2D eigenvalue weighted by Crippen LogP contribution is -2.22. The molecule has 2 heterocycles. The van der Waals surface area contributed by atoms with Crippen molar-refractivity contribution in [1.82, 2.24) is 10.3 Å². The van der Waals surface area contributed by atoms with Crippen LogP contribution in [0.5, 0.6) is 0 Å². The Bertz CT molecular complexity index is 439. The van der Waals surface area contributed by atoms with Crippen LogP contribution in [0.4, 0.5) is 0 Å². The maximum absolute atomic E-state index is 8.91. The molecule has 0 saturated heterocycles. The molecule has 92 valence electrons. The van der Waals surface area contributed by atoms with Gasteiger partial charge in [-0.05, 0) is 17.4 Å². The highest BCUT2D eigenvalue weighted by atomic mass is 32.1. The molecule has 0 spiro atoms. The van der Waals surface area contributed by atoms with Crippen molar-refractivity contribution in [3.8, 4) is 10.6 Å². The van der Waals surface area contributed by atoms with E-state index < -0.39 is 0 Å². The zero-order chi connectivity index (χ0) is 12.1. The lowest BCUT2D eigenvalue weighted by molar-refractivity contribution is 0.233. The highest BCUT2D eigenvalue weighted by Gasteiger charge is 2.05. The van der Waals surface area contributed by atoms with Crippen LogP contribution in [0.3, 0.4) is 0 Å². The molecule has 2 N–H and O–H groups in total. The number of aliphatic hydroxyl groups excluding tert-OH is 1. The summed E-state index contributed by atoms with van der Waals surface area (Å²) in [6, 6.07) is 2.09. The van der Waals surface area contributed by atoms with Crippen LogP contribution in [0, 0.1) is 5.92 Å². The number of aromatic nitrogens is 1. The smallest absolute Gasteiger partial charge is 0.124 e. The van der Waals surface area contributed by atoms with Gasteiger partial charge >= 0.3 is 0 Å². The van der Waals surface area contributed by atoms with Gasteiger partial charge in [-0.15, -0.1) is 11.3 Å². The molecule has 17 heavy (non-hydrogen) atoms. The van der Waals surface area contributed by atoms with Crippen molar-refractivity contribution in [3.63, 3.8) is 0 Å². The van der Waals surface area contributed by atoms with Crippen LogP contribution in [-0.4, -0.2) is 23.2 Å². The van der Waals surface area contributed by atoms with E-state index in [0.717, 1.165) is 23.8 Å². The summed E-state index contributed by atoms with van der Waals surface area (Å²) in [6.45, 7) is 3.84. The number of thiazole rings is 1. The van der Waals surface area contributed by atoms with Crippen molar-refractivity contribution >= 4 is 22.7 Å². The summed E-state index contributed by atoms with van der Waals surface area (Å²) in [7, 11) is 0. The monoisotopic (exact) mass is 268 g/mol. The highest BCUT2D eigenvalue weighted by molar-refractivity contribution is 7.14. The second kappa shape index (κ2) is 6.26. The van der Waals surface area contributed by atoms with E-state index in [9.17, 15) is 0 Å². The molecule has 0 aromatic carbocycles. The average molecular weight is 268 g/mol. The van der Waals surface area contributed by atoms with Gasteiger partial charge in [-0.3, -0.25) is 0 Å². The van der Waals surface area contributed by atoms with E-state index in [4.69, 9.17) is 5.11 Å². The van der Waals surface area contributed by atoms with Crippen LogP contribution >= 0.6 is 22.7 Å². The Morgan fingerprint density at radius 1 is 1.47 bits per heavy atom. The number of thiophene rings is 1. The van der Waals surface area contributed by atoms with Crippen molar-refractivity contribution in [1.29, 1.82) is 0 Å². The van der Waals surface area contributed by atoms with Gasteiger partial charge in [-0.2, -0.15) is 11.3 Å². The van der Waals surface area contributed by atoms with E-state index in [1.807, 2.05) is 6.92 Å². The van der Waals surface area contributed by atoms with Crippen molar-refractivity contribution in [2.24, 2.45) is 5.92 Å². The molecule has 0 amide bonds. The van der Waals surface area contributed by atoms with Crippen LogP contribution in [-0.2, 0) is 6.54 Å². The number of aliphatic hydroxyl groups is 1. The summed E-state index contributed by atoms with van der Waals surface area (Å²) in [5.41, 5.74) is 2.27. The molecule has 2 aromatic heterocycles. The first-order chi connectivity index (χ1) is 8.29. The van der Waals surface area contributed by atoms with Crippen LogP contribution in [0.1, 0.15) is 12.6 Å². The largest absolute Gasteiger partial charge is 0.396 e. The fourth-order valence-corrected chi connectivity index (χ4v) is 2.95. The molecule has 0 fully saturated rings. The summed E-state index contributed by atoms with van der Waals surface area (Å²) in [5, 5.41) is 19.6. The summed E-state index contributed by atoms with van der Waals surface area (Å²) >= 11 is 3.37. The summed E-state index contributed by atoms with van der Waals surface area (Å²) < 4.78 is 0. The van der Waals surface area contributed by atoms with Gasteiger partial charge in [-0.25, -0.2) is 4.98 Å². The van der Waals surface area contributed by atoms with Gasteiger partial charge < -0.3 is 10.4 Å². The zero-order valence-corrected chi connectivity index (χ0v) is 11.4. The van der Waals surface area contributed by atoms with Crippen LogP contribution < -0.4 is 5.32 Å². The number of hydrogen-bond acceptors (Lipinski definition) is 5. The topological polar surface area (TPSA) is 45.1 Å². The van der Waals surface area contributed by atoms with Gasteiger partial charge in [-0.1, -0.05) is 6.92 Å². The fourth-order valence-electron chi connectivity index (χ4n) is 1.42. The molecular formula is C12H16N2OS2. The van der Waals surface area contributed by atoms with Gasteiger partial charge in [0.05, 0.1) is 5.69 Å². The maximum Gasteiger partial charge on any atom is 0.124 e. The Hall–Kier alpha value is -0.750. The Balaban J connectivity index is 1.87. The number of nitrogens with one attached hydrogen (secondary N) is 1. The fraction of sp³-hybridized carbons (Fsp3) is 0.417. The van der Waals surface area contributed by atoms with E-state index in [1.54, 1.807) is 22.7 Å². The molecule has 1 unspecified atom stereocenters. The van der Waals surface area contributed by atoms with Crippen LogP contribution in [0.2, 0.25) is 0 Å². The molecular weight excluding hydrogens is 252 g/mol. The van der Waals surface area contributed by atoms with Gasteiger partial charge in [0.2, 0.25) is 0 Å². The Labute approximate surface area is 109 Å². The minimum atomic E-state index is 0.226. The first kappa shape index (κ1) is 12.7. The van der Waals surface area contributed by atoms with E-state index >= 15 is 0 Å². The number of nitrogens with zero attached hydrogens (tertiary/aromatic N) is 1. The van der Waals surface area contributed by atoms with Crippen LogP contribution in [0.25, 0.3) is 10.6 Å². The molecule has 0 bridgehead atoms. The molecule has 2 rings (SSSR count). The zero-order valence-electron chi connectivity index (χ0n) is 9.72. The van der Waals surface area contributed by atoms with Crippen molar-refractivity contribution in [2.75, 3.05) is 13.2 Å². The minimum Gasteiger partial charge on any atom is -0.396 e. The predicted octanol–water partition coefficient (Wildman–Crippen LogP) is 2.59. The third-order valence-corrected chi connectivity index (χ3v) is 4.05. The van der Waals surface area contributed by atoms with Crippen molar-refractivity contribution in [3.05, 3.63) is 27.9 Å². The summed E-state index contributed by atoms with van der Waals surface area (Å²) in [4.78, 5) is 4.58. The Morgan fingerprint density at radius 2 is 2.35 bits per heavy atom. The molecule has 0 saturated carbocycles. The van der Waals surface area contributed by atoms with Gasteiger partial charge in [0.25, 0.3) is 0 Å². The predicted molar refractivity (Wildman–Crippen MR) is 73.4 cm³/mol. The molecule has 5 heteroatoms. The lowest BCUT2D eigenvalue weighted by Gasteiger charge is -2.07. The molecule has 1 atom stereocenters. The lowest BCUT2D eigenvalue weighted by atomic mass is 10.2. The van der Waals surface area contributed by atoms with Gasteiger partial charge in [0, 0.05) is 36.0 Å². The second-order valence-corrected chi connectivity index (χ2v) is 5.71. The second-order valence-electron chi connectivity index (χ2n) is 4.07. The molecule has 2 aromatic rings. The van der Waals surface area contributed by atoms with E-state index in [2.05, 4.69) is 32.5 Å². The molecule has 0 aliphatic carbocycles. The molecule has 0 aliphatic heterocycles. The summed E-state index contributed by atoms with van der Waals surface area (Å²) in [6.07, 6.45) is 0. The molecule has 0 aliphatic rings. The van der Waals surface area contributed by atoms with Gasteiger partial charge in [0.15, 0.2) is 0 Å². The third kappa shape index (κ3) is 3.61. The summed E-state index contributed by atoms with van der Waals surface area (Å²) in [5.74, 6) is 0.296. The Morgan fingerprint density at radius 3 is 3.06 bits per heavy atom. The van der Waals surface area contributed by atoms with Crippen molar-refractivity contribution in [2.45, 2.75) is 13.5 Å². The first-order valence-corrected chi connectivity index (χ1v) is 7.40. The van der Waals surface area contributed by atoms with Gasteiger partial charge in [0.1, 0.15) is 5.01 Å². The average Bonchev–Trinajstić information content (AvgIpc) is 2.98. The third-order valence-electron chi connectivity index (χ3n) is 2.43. The van der Waals surface area contributed by atoms with Crippen molar-refractivity contribution < 1.29 is 5.11 Å². The Kier molecular flexibility index (Phi) is 4.67. The first-order valence-electron chi connectivity index (χ1n) is 5.58. The van der Waals surface area contributed by atoms with Crippen LogP contribution in [0.15, 0.2) is 22.2 Å². The maximum atomic E-state index is 8.91. The van der Waals surface area contributed by atoms with E-state index in [1.165, 1.54) is 5.56 Å². The number of hydrogen-bond donors (Lipinski definition) is 2. The standard InChI is InChI=1S/C12H16N2OS2/c1-9(6-15)4-13-5-11-8-17-12(14-11)10-2-3-16-7-10/h2-3,7-9,13,15H,4-6H2,1H3. The molecule has 0 radical (unpaired) electrons. The van der Waals surface area contributed by atoms with E-state index in [-0.39, 0.29) is 6.61 Å².